The summed E-state index contributed by atoms with van der Waals surface area (Å²) >= 11 is 3.56. The molecule has 0 aliphatic carbocycles. The molecule has 6 nitrogen and oxygen atoms in total. The van der Waals surface area contributed by atoms with Crippen molar-refractivity contribution in [2.45, 2.75) is 26.9 Å². The standard InChI is InChI=1S/C27H24BrN5O/c1-18-26(28)19(2)33(31-18)15-20-10-12-22(13-11-20)27(34)30-24-14-29-32(17-24)16-23-8-5-7-21-6-3-4-9-25(21)23/h3-14,17H,15-16H2,1-2H3,(H,30,34). The van der Waals surface area contributed by atoms with E-state index in [4.69, 9.17) is 0 Å². The SMILES string of the molecule is Cc1nn(Cc2ccc(C(=O)Nc3cnn(Cc4cccc5ccccc45)c3)cc2)c(C)c1Br. The lowest BCUT2D eigenvalue weighted by atomic mass is 10.0. The minimum Gasteiger partial charge on any atom is -0.319 e. The van der Waals surface area contributed by atoms with Crippen LogP contribution in [-0.2, 0) is 13.1 Å². The molecule has 1 amide bonds. The summed E-state index contributed by atoms with van der Waals surface area (Å²) in [6.07, 6.45) is 3.53. The zero-order valence-electron chi connectivity index (χ0n) is 19.0. The summed E-state index contributed by atoms with van der Waals surface area (Å²) in [5.41, 5.74) is 5.58. The number of hydrogen-bond acceptors (Lipinski definition) is 3. The van der Waals surface area contributed by atoms with E-state index in [1.807, 2.05) is 65.8 Å². The van der Waals surface area contributed by atoms with Gasteiger partial charge in [-0.25, -0.2) is 0 Å². The molecule has 2 aromatic heterocycles. The second-order valence-electron chi connectivity index (χ2n) is 8.36. The van der Waals surface area contributed by atoms with E-state index in [2.05, 4.69) is 61.8 Å². The van der Waals surface area contributed by atoms with Gasteiger partial charge in [0.1, 0.15) is 0 Å². The number of fused-ring (bicyclic) bond motifs is 1. The number of nitrogens with one attached hydrogen (secondary N) is 1. The van der Waals surface area contributed by atoms with Crippen molar-refractivity contribution in [2.24, 2.45) is 0 Å². The molecule has 0 bridgehead atoms. The van der Waals surface area contributed by atoms with Crippen molar-refractivity contribution in [3.8, 4) is 0 Å². The Labute approximate surface area is 206 Å². The Morgan fingerprint density at radius 2 is 1.74 bits per heavy atom. The monoisotopic (exact) mass is 513 g/mol. The first-order chi connectivity index (χ1) is 16.5. The minimum absolute atomic E-state index is 0.162. The number of hydrogen-bond donors (Lipinski definition) is 1. The van der Waals surface area contributed by atoms with Gasteiger partial charge in [0.2, 0.25) is 0 Å². The lowest BCUT2D eigenvalue weighted by molar-refractivity contribution is 0.102. The van der Waals surface area contributed by atoms with Gasteiger partial charge < -0.3 is 5.32 Å². The molecule has 0 atom stereocenters. The van der Waals surface area contributed by atoms with Crippen LogP contribution in [-0.4, -0.2) is 25.5 Å². The highest BCUT2D eigenvalue weighted by atomic mass is 79.9. The summed E-state index contributed by atoms with van der Waals surface area (Å²) in [6.45, 7) is 5.30. The Hall–Kier alpha value is -3.71. The first kappa shape index (κ1) is 22.1. The summed E-state index contributed by atoms with van der Waals surface area (Å²) in [5.74, 6) is -0.162. The third-order valence-corrected chi connectivity index (χ3v) is 7.09. The van der Waals surface area contributed by atoms with Crippen molar-refractivity contribution in [2.75, 3.05) is 5.32 Å². The molecule has 0 aliphatic rings. The smallest absolute Gasteiger partial charge is 0.255 e. The molecule has 34 heavy (non-hydrogen) atoms. The van der Waals surface area contributed by atoms with Crippen LogP contribution >= 0.6 is 15.9 Å². The molecule has 5 aromatic rings. The molecule has 170 valence electrons. The van der Waals surface area contributed by atoms with Crippen LogP contribution in [0.2, 0.25) is 0 Å². The first-order valence-electron chi connectivity index (χ1n) is 11.1. The zero-order chi connectivity index (χ0) is 23.7. The minimum atomic E-state index is -0.162. The van der Waals surface area contributed by atoms with Crippen LogP contribution in [0.15, 0.2) is 83.6 Å². The number of nitrogens with zero attached hydrogens (tertiary/aromatic N) is 4. The van der Waals surface area contributed by atoms with Gasteiger partial charge in [-0.2, -0.15) is 10.2 Å². The predicted octanol–water partition coefficient (Wildman–Crippen LogP) is 5.96. The third kappa shape index (κ3) is 4.52. The van der Waals surface area contributed by atoms with Gasteiger partial charge in [-0.3, -0.25) is 14.2 Å². The normalized spacial score (nSPS) is 11.1. The highest BCUT2D eigenvalue weighted by Gasteiger charge is 2.11. The van der Waals surface area contributed by atoms with Crippen molar-refractivity contribution in [1.29, 1.82) is 0 Å². The maximum atomic E-state index is 12.8. The van der Waals surface area contributed by atoms with Crippen LogP contribution in [0.5, 0.6) is 0 Å². The van der Waals surface area contributed by atoms with Crippen LogP contribution in [0.25, 0.3) is 10.8 Å². The number of amides is 1. The van der Waals surface area contributed by atoms with Gasteiger partial charge in [0.05, 0.1) is 40.8 Å². The number of halogens is 1. The van der Waals surface area contributed by atoms with Crippen LogP contribution < -0.4 is 5.32 Å². The van der Waals surface area contributed by atoms with Crippen molar-refractivity contribution in [1.82, 2.24) is 19.6 Å². The fraction of sp³-hybridized carbons (Fsp3) is 0.148. The van der Waals surface area contributed by atoms with Gasteiger partial charge in [0, 0.05) is 11.8 Å². The maximum absolute atomic E-state index is 12.8. The Balaban J connectivity index is 1.24. The number of aromatic nitrogens is 4. The molecule has 0 spiro atoms. The van der Waals surface area contributed by atoms with E-state index in [1.165, 1.54) is 16.3 Å². The van der Waals surface area contributed by atoms with Gasteiger partial charge in [0.15, 0.2) is 0 Å². The number of carbonyl (C=O) groups excluding carboxylic acids is 1. The second-order valence-corrected chi connectivity index (χ2v) is 9.15. The van der Waals surface area contributed by atoms with Crippen molar-refractivity contribution >= 4 is 38.3 Å². The number of anilines is 1. The van der Waals surface area contributed by atoms with E-state index < -0.39 is 0 Å². The van der Waals surface area contributed by atoms with Crippen LogP contribution in [0.3, 0.4) is 0 Å². The van der Waals surface area contributed by atoms with Crippen molar-refractivity contribution in [3.63, 3.8) is 0 Å². The molecule has 0 aliphatic heterocycles. The molecule has 7 heteroatoms. The molecule has 0 unspecified atom stereocenters. The van der Waals surface area contributed by atoms with Gasteiger partial charge in [-0.1, -0.05) is 54.6 Å². The average molecular weight is 514 g/mol. The van der Waals surface area contributed by atoms with Gasteiger partial charge in [0.25, 0.3) is 5.91 Å². The molecular formula is C27H24BrN5O. The topological polar surface area (TPSA) is 64.7 Å². The number of benzene rings is 3. The third-order valence-electron chi connectivity index (χ3n) is 5.95. The molecule has 0 radical (unpaired) electrons. The summed E-state index contributed by atoms with van der Waals surface area (Å²) in [5, 5.41) is 14.3. The molecule has 0 fully saturated rings. The molecule has 0 saturated heterocycles. The van der Waals surface area contributed by atoms with Crippen molar-refractivity contribution in [3.05, 3.63) is 112 Å². The van der Waals surface area contributed by atoms with Gasteiger partial charge in [-0.05, 0) is 63.8 Å². The van der Waals surface area contributed by atoms with E-state index in [9.17, 15) is 4.79 Å². The van der Waals surface area contributed by atoms with E-state index in [1.54, 1.807) is 6.20 Å². The number of aryl methyl sites for hydroxylation is 1. The van der Waals surface area contributed by atoms with E-state index in [-0.39, 0.29) is 5.91 Å². The summed E-state index contributed by atoms with van der Waals surface area (Å²) < 4.78 is 4.83. The van der Waals surface area contributed by atoms with Crippen LogP contribution in [0.1, 0.15) is 32.9 Å². The maximum Gasteiger partial charge on any atom is 0.255 e. The fourth-order valence-corrected chi connectivity index (χ4v) is 4.37. The number of rotatable bonds is 6. The molecule has 2 heterocycles. The Morgan fingerprint density at radius 3 is 2.50 bits per heavy atom. The fourth-order valence-electron chi connectivity index (χ4n) is 4.09. The first-order valence-corrected chi connectivity index (χ1v) is 11.9. The summed E-state index contributed by atoms with van der Waals surface area (Å²) in [7, 11) is 0. The van der Waals surface area contributed by atoms with Gasteiger partial charge >= 0.3 is 0 Å². The second kappa shape index (κ2) is 9.27. The largest absolute Gasteiger partial charge is 0.319 e. The number of carbonyl (C=O) groups is 1. The molecule has 5 rings (SSSR count). The molecule has 1 N–H and O–H groups in total. The van der Waals surface area contributed by atoms with Crippen molar-refractivity contribution < 1.29 is 4.79 Å². The Kier molecular flexibility index (Phi) is 6.02. The average Bonchev–Trinajstić information content (AvgIpc) is 3.39. The van der Waals surface area contributed by atoms with E-state index in [0.29, 0.717) is 24.3 Å². The zero-order valence-corrected chi connectivity index (χ0v) is 20.6. The Morgan fingerprint density at radius 1 is 0.971 bits per heavy atom. The molecule has 3 aromatic carbocycles. The highest BCUT2D eigenvalue weighted by molar-refractivity contribution is 9.10. The molecular weight excluding hydrogens is 490 g/mol. The summed E-state index contributed by atoms with van der Waals surface area (Å²) in [4.78, 5) is 12.8. The lowest BCUT2D eigenvalue weighted by Crippen LogP contribution is -2.12. The lowest BCUT2D eigenvalue weighted by Gasteiger charge is -2.07. The highest BCUT2D eigenvalue weighted by Crippen LogP contribution is 2.22. The van der Waals surface area contributed by atoms with E-state index >= 15 is 0 Å². The van der Waals surface area contributed by atoms with E-state index in [0.717, 1.165) is 21.4 Å². The van der Waals surface area contributed by atoms with Crippen LogP contribution in [0, 0.1) is 13.8 Å². The quantitative estimate of drug-likeness (QED) is 0.304. The Bertz CT molecular complexity index is 1480. The predicted molar refractivity (Wildman–Crippen MR) is 138 cm³/mol. The molecule has 0 saturated carbocycles. The van der Waals surface area contributed by atoms with Gasteiger partial charge in [-0.15, -0.1) is 0 Å². The van der Waals surface area contributed by atoms with Crippen LogP contribution in [0.4, 0.5) is 5.69 Å². The summed E-state index contributed by atoms with van der Waals surface area (Å²) in [6, 6.07) is 22.2.